The van der Waals surface area contributed by atoms with Gasteiger partial charge in [0.15, 0.2) is 0 Å². The van der Waals surface area contributed by atoms with Crippen molar-refractivity contribution in [1.29, 1.82) is 0 Å². The van der Waals surface area contributed by atoms with Gasteiger partial charge in [0.05, 0.1) is 7.11 Å². The van der Waals surface area contributed by atoms with Gasteiger partial charge in [-0.1, -0.05) is 6.07 Å². The van der Waals surface area contributed by atoms with E-state index in [1.54, 1.807) is 13.2 Å². The van der Waals surface area contributed by atoms with Crippen LogP contribution in [0.1, 0.15) is 56.6 Å². The lowest BCUT2D eigenvalue weighted by Crippen LogP contribution is -2.48. The fraction of sp³-hybridized carbons (Fsp3) is 0.571. The van der Waals surface area contributed by atoms with Gasteiger partial charge in [-0.3, -0.25) is 4.79 Å². The van der Waals surface area contributed by atoms with Crippen LogP contribution in [0.15, 0.2) is 24.3 Å². The lowest BCUT2D eigenvalue weighted by molar-refractivity contribution is -0.104. The fourth-order valence-corrected chi connectivity index (χ4v) is 6.01. The third-order valence-corrected chi connectivity index (χ3v) is 6.58. The monoisotopic (exact) mass is 310 g/mol. The molecule has 4 bridgehead atoms. The zero-order valence-corrected chi connectivity index (χ0v) is 14.2. The highest BCUT2D eigenvalue weighted by Crippen LogP contribution is 2.62. The molecule has 4 fully saturated rings. The van der Waals surface area contributed by atoms with Gasteiger partial charge >= 0.3 is 0 Å². The standard InChI is InChI=1S/C21H26O2/c1-14(5-6-22)18-3-4-20(23-2)19(10-18)21-11-15-7-16(12-21)9-17(8-15)13-21/h3-6,10,15-17H,7-9,11-13H2,1-2H3. The van der Waals surface area contributed by atoms with E-state index in [2.05, 4.69) is 18.2 Å². The van der Waals surface area contributed by atoms with Crippen LogP contribution < -0.4 is 4.74 Å². The smallest absolute Gasteiger partial charge is 0.143 e. The maximum absolute atomic E-state index is 10.8. The highest BCUT2D eigenvalue weighted by Gasteiger charge is 2.52. The number of carbonyl (C=O) groups excluding carboxylic acids is 1. The van der Waals surface area contributed by atoms with Crippen molar-refractivity contribution in [3.63, 3.8) is 0 Å². The van der Waals surface area contributed by atoms with Gasteiger partial charge in [0.1, 0.15) is 12.0 Å². The Kier molecular flexibility index (Phi) is 3.59. The topological polar surface area (TPSA) is 26.3 Å². The molecule has 2 nitrogen and oxygen atoms in total. The first kappa shape index (κ1) is 15.0. The number of ether oxygens (including phenoxy) is 1. The molecule has 0 saturated heterocycles. The summed E-state index contributed by atoms with van der Waals surface area (Å²) in [5.41, 5.74) is 3.91. The van der Waals surface area contributed by atoms with Gasteiger partial charge in [-0.15, -0.1) is 0 Å². The molecule has 1 aromatic rings. The van der Waals surface area contributed by atoms with Crippen LogP contribution in [0.2, 0.25) is 0 Å². The van der Waals surface area contributed by atoms with E-state index in [4.69, 9.17) is 4.74 Å². The first-order chi connectivity index (χ1) is 11.1. The van der Waals surface area contributed by atoms with Crippen molar-refractivity contribution >= 4 is 11.9 Å². The molecular weight excluding hydrogens is 284 g/mol. The number of rotatable bonds is 4. The first-order valence-corrected chi connectivity index (χ1v) is 8.94. The largest absolute Gasteiger partial charge is 0.496 e. The van der Waals surface area contributed by atoms with E-state index < -0.39 is 0 Å². The number of methoxy groups -OCH3 is 1. The van der Waals surface area contributed by atoms with E-state index in [9.17, 15) is 4.79 Å². The Morgan fingerprint density at radius 3 is 2.26 bits per heavy atom. The van der Waals surface area contributed by atoms with Gasteiger partial charge in [0.25, 0.3) is 0 Å². The van der Waals surface area contributed by atoms with Crippen molar-refractivity contribution in [3.8, 4) is 5.75 Å². The summed E-state index contributed by atoms with van der Waals surface area (Å²) in [5.74, 6) is 3.79. The minimum atomic E-state index is 0.317. The normalized spacial score (nSPS) is 35.4. The molecular formula is C21H26O2. The molecule has 0 N–H and O–H groups in total. The number of allylic oxidation sites excluding steroid dienone is 2. The van der Waals surface area contributed by atoms with Gasteiger partial charge in [0.2, 0.25) is 0 Å². The summed E-state index contributed by atoms with van der Waals surface area (Å²) in [6.07, 6.45) is 10.9. The van der Waals surface area contributed by atoms with Gasteiger partial charge in [0, 0.05) is 5.56 Å². The Hall–Kier alpha value is -1.57. The number of aldehydes is 1. The predicted molar refractivity (Wildman–Crippen MR) is 92.6 cm³/mol. The van der Waals surface area contributed by atoms with Gasteiger partial charge in [-0.2, -0.15) is 0 Å². The third kappa shape index (κ3) is 2.43. The van der Waals surface area contributed by atoms with E-state index in [-0.39, 0.29) is 0 Å². The van der Waals surface area contributed by atoms with Crippen molar-refractivity contribution in [2.75, 3.05) is 7.11 Å². The van der Waals surface area contributed by atoms with Gasteiger partial charge in [-0.05, 0) is 98.0 Å². The molecule has 0 aromatic heterocycles. The second-order valence-electron chi connectivity index (χ2n) is 8.10. The van der Waals surface area contributed by atoms with E-state index in [0.29, 0.717) is 5.41 Å². The van der Waals surface area contributed by atoms with Crippen LogP contribution in [0.3, 0.4) is 0 Å². The quantitative estimate of drug-likeness (QED) is 0.592. The second kappa shape index (κ2) is 5.51. The van der Waals surface area contributed by atoms with Crippen LogP contribution >= 0.6 is 0 Å². The van der Waals surface area contributed by atoms with Crippen LogP contribution in [-0.2, 0) is 10.2 Å². The third-order valence-electron chi connectivity index (χ3n) is 6.58. The maximum atomic E-state index is 10.8. The molecule has 23 heavy (non-hydrogen) atoms. The maximum Gasteiger partial charge on any atom is 0.143 e. The van der Waals surface area contributed by atoms with E-state index in [0.717, 1.165) is 40.9 Å². The lowest BCUT2D eigenvalue weighted by atomic mass is 9.48. The molecule has 0 heterocycles. The Labute approximate surface area is 138 Å². The van der Waals surface area contributed by atoms with Gasteiger partial charge in [-0.25, -0.2) is 0 Å². The number of hydrogen-bond acceptors (Lipinski definition) is 2. The summed E-state index contributed by atoms with van der Waals surface area (Å²) in [5, 5.41) is 0. The molecule has 4 aliphatic rings. The highest BCUT2D eigenvalue weighted by molar-refractivity contribution is 5.81. The van der Waals surface area contributed by atoms with Crippen LogP contribution in [0.25, 0.3) is 5.57 Å². The van der Waals surface area contributed by atoms with Crippen LogP contribution in [-0.4, -0.2) is 13.4 Å². The Bertz CT molecular complexity index is 621. The minimum Gasteiger partial charge on any atom is -0.496 e. The molecule has 4 aliphatic carbocycles. The first-order valence-electron chi connectivity index (χ1n) is 8.94. The summed E-state index contributed by atoms with van der Waals surface area (Å²) in [6, 6.07) is 6.49. The van der Waals surface area contributed by atoms with Crippen molar-refractivity contribution in [2.45, 2.75) is 50.9 Å². The van der Waals surface area contributed by atoms with Crippen molar-refractivity contribution < 1.29 is 9.53 Å². The Morgan fingerprint density at radius 1 is 1.13 bits per heavy atom. The summed E-state index contributed by atoms with van der Waals surface area (Å²) >= 11 is 0. The zero-order chi connectivity index (χ0) is 16.0. The van der Waals surface area contributed by atoms with Crippen molar-refractivity contribution in [1.82, 2.24) is 0 Å². The highest BCUT2D eigenvalue weighted by atomic mass is 16.5. The Balaban J connectivity index is 1.79. The average Bonchev–Trinajstić information content (AvgIpc) is 2.53. The minimum absolute atomic E-state index is 0.317. The molecule has 0 amide bonds. The molecule has 122 valence electrons. The molecule has 0 spiro atoms. The van der Waals surface area contributed by atoms with E-state index >= 15 is 0 Å². The molecule has 0 atom stereocenters. The van der Waals surface area contributed by atoms with E-state index in [1.807, 2.05) is 6.92 Å². The number of carbonyl (C=O) groups is 1. The molecule has 2 heteroatoms. The predicted octanol–water partition coefficient (Wildman–Crippen LogP) is 4.77. The lowest BCUT2D eigenvalue weighted by Gasteiger charge is -2.57. The number of benzene rings is 1. The van der Waals surface area contributed by atoms with Crippen LogP contribution in [0.5, 0.6) is 5.75 Å². The SMILES string of the molecule is COc1ccc(C(C)=CC=O)cc1C12CC3CC(CC(C3)C1)C2. The second-order valence-corrected chi connectivity index (χ2v) is 8.10. The summed E-state index contributed by atoms with van der Waals surface area (Å²) in [7, 11) is 1.78. The van der Waals surface area contributed by atoms with E-state index in [1.165, 1.54) is 44.1 Å². The molecule has 0 unspecified atom stereocenters. The Morgan fingerprint density at radius 2 is 1.74 bits per heavy atom. The summed E-state index contributed by atoms with van der Waals surface area (Å²) in [4.78, 5) is 10.8. The van der Waals surface area contributed by atoms with Gasteiger partial charge < -0.3 is 4.74 Å². The summed E-state index contributed by atoms with van der Waals surface area (Å²) < 4.78 is 5.74. The average molecular weight is 310 g/mol. The molecule has 4 saturated carbocycles. The molecule has 5 rings (SSSR count). The molecule has 0 aliphatic heterocycles. The van der Waals surface area contributed by atoms with Crippen molar-refractivity contribution in [2.24, 2.45) is 17.8 Å². The number of hydrogen-bond donors (Lipinski definition) is 0. The zero-order valence-electron chi connectivity index (χ0n) is 14.2. The van der Waals surface area contributed by atoms with Crippen LogP contribution in [0.4, 0.5) is 0 Å². The fourth-order valence-electron chi connectivity index (χ4n) is 6.01. The molecule has 0 radical (unpaired) electrons. The summed E-state index contributed by atoms with van der Waals surface area (Å²) in [6.45, 7) is 2.01. The molecule has 1 aromatic carbocycles. The van der Waals surface area contributed by atoms with Crippen molar-refractivity contribution in [3.05, 3.63) is 35.4 Å². The van der Waals surface area contributed by atoms with Crippen LogP contribution in [0, 0.1) is 17.8 Å².